The minimum absolute atomic E-state index is 0.355. The molecule has 0 spiro atoms. The lowest BCUT2D eigenvalue weighted by atomic mass is 10.5. The third-order valence-corrected chi connectivity index (χ3v) is 2.28. The van der Waals surface area contributed by atoms with E-state index in [0.29, 0.717) is 5.37 Å². The van der Waals surface area contributed by atoms with Crippen LogP contribution in [0.3, 0.4) is 0 Å². The summed E-state index contributed by atoms with van der Waals surface area (Å²) in [5.74, 6) is 0. The Balaban J connectivity index is 2.49. The fourth-order valence-electron chi connectivity index (χ4n) is 0.839. The van der Waals surface area contributed by atoms with E-state index in [1.165, 1.54) is 0 Å². The summed E-state index contributed by atoms with van der Waals surface area (Å²) in [6.45, 7) is 3.84. The van der Waals surface area contributed by atoms with E-state index in [2.05, 4.69) is 6.92 Å². The van der Waals surface area contributed by atoms with Crippen LogP contribution in [0, 0.1) is 0 Å². The van der Waals surface area contributed by atoms with Crippen molar-refractivity contribution in [3.05, 3.63) is 11.6 Å². The van der Waals surface area contributed by atoms with Crippen molar-refractivity contribution in [2.24, 2.45) is 0 Å². The van der Waals surface area contributed by atoms with Crippen molar-refractivity contribution < 1.29 is 5.11 Å². The Bertz CT molecular complexity index is 124. The number of hydrogen-bond donors (Lipinski definition) is 1. The fourth-order valence-corrected chi connectivity index (χ4v) is 1.66. The topological polar surface area (TPSA) is 23.5 Å². The molecule has 0 amide bonds. The number of aliphatic hydroxyl groups is 1. The molecule has 9 heavy (non-hydrogen) atoms. The van der Waals surface area contributed by atoms with Gasteiger partial charge in [0.25, 0.3) is 0 Å². The zero-order valence-electron chi connectivity index (χ0n) is 5.61. The number of hydrogen-bond acceptors (Lipinski definition) is 3. The maximum absolute atomic E-state index is 9.08. The molecule has 1 aliphatic rings. The molecule has 1 N–H and O–H groups in total. The normalized spacial score (nSPS) is 29.2. The zero-order chi connectivity index (χ0) is 6.85. The molecule has 0 bridgehead atoms. The lowest BCUT2D eigenvalue weighted by molar-refractivity contribution is 0.0528. The van der Waals surface area contributed by atoms with Gasteiger partial charge < -0.3 is 10.0 Å². The third kappa shape index (κ3) is 1.40. The molecule has 0 saturated carbocycles. The van der Waals surface area contributed by atoms with Gasteiger partial charge >= 0.3 is 0 Å². The standard InChI is InChI=1S/C6H11NOS/c1-5(8)7-3-4-9-6(7)2/h3-6,8H,1-2H3. The van der Waals surface area contributed by atoms with E-state index in [-0.39, 0.29) is 6.23 Å². The predicted molar refractivity (Wildman–Crippen MR) is 39.7 cm³/mol. The van der Waals surface area contributed by atoms with Gasteiger partial charge in [-0.05, 0) is 19.3 Å². The van der Waals surface area contributed by atoms with Crippen molar-refractivity contribution in [3.63, 3.8) is 0 Å². The molecule has 1 rings (SSSR count). The monoisotopic (exact) mass is 145 g/mol. The molecular weight excluding hydrogens is 134 g/mol. The van der Waals surface area contributed by atoms with Crippen molar-refractivity contribution >= 4 is 11.8 Å². The molecule has 2 atom stereocenters. The highest BCUT2D eigenvalue weighted by atomic mass is 32.2. The largest absolute Gasteiger partial charge is 0.374 e. The van der Waals surface area contributed by atoms with Crippen LogP contribution in [-0.2, 0) is 0 Å². The summed E-state index contributed by atoms with van der Waals surface area (Å²) >= 11 is 1.72. The number of nitrogens with zero attached hydrogens (tertiary/aromatic N) is 1. The molecular formula is C6H11NOS. The second-order valence-corrected chi connectivity index (χ2v) is 3.33. The number of rotatable bonds is 1. The molecule has 0 fully saturated rings. The van der Waals surface area contributed by atoms with Crippen LogP contribution in [-0.4, -0.2) is 21.6 Å². The molecule has 0 aromatic carbocycles. The van der Waals surface area contributed by atoms with Gasteiger partial charge in [0.05, 0.1) is 5.37 Å². The summed E-state index contributed by atoms with van der Waals surface area (Å²) in [4.78, 5) is 1.91. The molecule has 1 heterocycles. The third-order valence-electron chi connectivity index (χ3n) is 1.36. The molecule has 0 saturated heterocycles. The second-order valence-electron chi connectivity index (χ2n) is 2.10. The van der Waals surface area contributed by atoms with Crippen LogP contribution in [0.2, 0.25) is 0 Å². The molecule has 2 nitrogen and oxygen atoms in total. The van der Waals surface area contributed by atoms with Crippen molar-refractivity contribution in [2.75, 3.05) is 0 Å². The summed E-state index contributed by atoms with van der Waals surface area (Å²) in [6.07, 6.45) is 1.56. The van der Waals surface area contributed by atoms with Crippen LogP contribution < -0.4 is 0 Å². The lowest BCUT2D eigenvalue weighted by Gasteiger charge is -2.23. The first kappa shape index (κ1) is 6.96. The lowest BCUT2D eigenvalue weighted by Crippen LogP contribution is -2.30. The summed E-state index contributed by atoms with van der Waals surface area (Å²) in [5, 5.41) is 11.5. The molecule has 0 aliphatic carbocycles. The Morgan fingerprint density at radius 1 is 1.78 bits per heavy atom. The summed E-state index contributed by atoms with van der Waals surface area (Å²) < 4.78 is 0. The van der Waals surface area contributed by atoms with Crippen molar-refractivity contribution in [2.45, 2.75) is 25.4 Å². The van der Waals surface area contributed by atoms with Gasteiger partial charge in [0.1, 0.15) is 6.23 Å². The highest BCUT2D eigenvalue weighted by molar-refractivity contribution is 8.02. The molecule has 1 aliphatic heterocycles. The smallest absolute Gasteiger partial charge is 0.124 e. The van der Waals surface area contributed by atoms with Gasteiger partial charge in [0.15, 0.2) is 0 Å². The van der Waals surface area contributed by atoms with Crippen LogP contribution in [0.25, 0.3) is 0 Å². The minimum Gasteiger partial charge on any atom is -0.374 e. The van der Waals surface area contributed by atoms with Crippen molar-refractivity contribution in [1.29, 1.82) is 0 Å². The molecule has 3 heteroatoms. The average molecular weight is 145 g/mol. The Morgan fingerprint density at radius 2 is 2.44 bits per heavy atom. The van der Waals surface area contributed by atoms with Gasteiger partial charge in [-0.1, -0.05) is 0 Å². The van der Waals surface area contributed by atoms with E-state index in [9.17, 15) is 0 Å². The van der Waals surface area contributed by atoms with Crippen LogP contribution >= 0.6 is 11.8 Å². The van der Waals surface area contributed by atoms with Gasteiger partial charge in [0.2, 0.25) is 0 Å². The quantitative estimate of drug-likeness (QED) is 0.599. The van der Waals surface area contributed by atoms with E-state index < -0.39 is 0 Å². The maximum atomic E-state index is 9.08. The Morgan fingerprint density at radius 3 is 2.67 bits per heavy atom. The van der Waals surface area contributed by atoms with Crippen molar-refractivity contribution in [1.82, 2.24) is 4.90 Å². The highest BCUT2D eigenvalue weighted by Crippen LogP contribution is 2.25. The maximum Gasteiger partial charge on any atom is 0.124 e. The Kier molecular flexibility index (Phi) is 2.03. The molecule has 2 unspecified atom stereocenters. The summed E-state index contributed by atoms with van der Waals surface area (Å²) in [5.41, 5.74) is 0. The Labute approximate surface area is 59.5 Å². The second kappa shape index (κ2) is 2.62. The zero-order valence-corrected chi connectivity index (χ0v) is 6.43. The van der Waals surface area contributed by atoms with Crippen molar-refractivity contribution in [3.8, 4) is 0 Å². The van der Waals surface area contributed by atoms with E-state index in [1.54, 1.807) is 18.7 Å². The van der Waals surface area contributed by atoms with E-state index >= 15 is 0 Å². The average Bonchev–Trinajstić information content (AvgIpc) is 2.13. The minimum atomic E-state index is -0.355. The first-order valence-corrected chi connectivity index (χ1v) is 3.94. The fraction of sp³-hybridized carbons (Fsp3) is 0.667. The van der Waals surface area contributed by atoms with Crippen LogP contribution in [0.15, 0.2) is 11.6 Å². The van der Waals surface area contributed by atoms with Crippen LogP contribution in [0.5, 0.6) is 0 Å². The van der Waals surface area contributed by atoms with Crippen LogP contribution in [0.1, 0.15) is 13.8 Å². The molecule has 0 aromatic heterocycles. The van der Waals surface area contributed by atoms with E-state index in [1.807, 2.05) is 16.5 Å². The van der Waals surface area contributed by atoms with Gasteiger partial charge in [0, 0.05) is 6.20 Å². The SMILES string of the molecule is CC(O)N1C=CSC1C. The van der Waals surface area contributed by atoms with E-state index in [4.69, 9.17) is 5.11 Å². The van der Waals surface area contributed by atoms with Gasteiger partial charge in [-0.25, -0.2) is 0 Å². The summed E-state index contributed by atoms with van der Waals surface area (Å²) in [7, 11) is 0. The predicted octanol–water partition coefficient (Wildman–Crippen LogP) is 1.19. The van der Waals surface area contributed by atoms with Crippen LogP contribution in [0.4, 0.5) is 0 Å². The number of aliphatic hydroxyl groups excluding tert-OH is 1. The Hall–Kier alpha value is -0.150. The van der Waals surface area contributed by atoms with Gasteiger partial charge in [-0.15, -0.1) is 11.8 Å². The first-order chi connectivity index (χ1) is 4.22. The molecule has 0 radical (unpaired) electrons. The highest BCUT2D eigenvalue weighted by Gasteiger charge is 2.17. The molecule has 52 valence electrons. The molecule has 0 aromatic rings. The number of thioether (sulfide) groups is 1. The van der Waals surface area contributed by atoms with Gasteiger partial charge in [-0.2, -0.15) is 0 Å². The first-order valence-electron chi connectivity index (χ1n) is 2.99. The van der Waals surface area contributed by atoms with E-state index in [0.717, 1.165) is 0 Å². The van der Waals surface area contributed by atoms with Gasteiger partial charge in [-0.3, -0.25) is 0 Å². The summed E-state index contributed by atoms with van der Waals surface area (Å²) in [6, 6.07) is 0.